The van der Waals surface area contributed by atoms with Crippen LogP contribution >= 0.6 is 0 Å². The van der Waals surface area contributed by atoms with Crippen molar-refractivity contribution in [3.63, 3.8) is 0 Å². The lowest BCUT2D eigenvalue weighted by atomic mass is 10.1. The number of hydrogen-bond donors (Lipinski definition) is 0. The van der Waals surface area contributed by atoms with Crippen molar-refractivity contribution in [3.8, 4) is 5.75 Å². The molecule has 120 valence electrons. The molecule has 0 saturated heterocycles. The molecule has 0 saturated carbocycles. The van der Waals surface area contributed by atoms with Gasteiger partial charge in [-0.25, -0.2) is 0 Å². The Balaban J connectivity index is 1.87. The van der Waals surface area contributed by atoms with Crippen molar-refractivity contribution < 1.29 is 9.53 Å². The molecule has 2 aromatic carbocycles. The number of carbonyl (C=O) groups excluding carboxylic acids is 1. The van der Waals surface area contributed by atoms with Gasteiger partial charge in [-0.3, -0.25) is 4.79 Å². The van der Waals surface area contributed by atoms with Crippen LogP contribution in [0.4, 0.5) is 5.69 Å². The van der Waals surface area contributed by atoms with E-state index in [2.05, 4.69) is 16.8 Å². The number of fused-ring (bicyclic) bond motifs is 1. The third-order valence-electron chi connectivity index (χ3n) is 3.69. The van der Waals surface area contributed by atoms with Gasteiger partial charge in [-0.15, -0.1) is 11.7 Å². The zero-order valence-electron chi connectivity index (χ0n) is 13.3. The number of rotatable bonds is 5. The molecule has 1 aliphatic heterocycles. The lowest BCUT2D eigenvalue weighted by molar-refractivity contribution is -0.112. The summed E-state index contributed by atoms with van der Waals surface area (Å²) in [4.78, 5) is 14.2. The number of ether oxygens (including phenoxy) is 1. The summed E-state index contributed by atoms with van der Waals surface area (Å²) in [5, 5.41) is 8.22. The second-order valence-corrected chi connectivity index (χ2v) is 5.19. The number of carbonyl (C=O) groups is 1. The highest BCUT2D eigenvalue weighted by molar-refractivity contribution is 6.54. The number of hydrogen-bond acceptors (Lipinski definition) is 4. The first-order valence-corrected chi connectivity index (χ1v) is 7.52. The van der Waals surface area contributed by atoms with Crippen molar-refractivity contribution >= 4 is 23.5 Å². The van der Waals surface area contributed by atoms with Gasteiger partial charge in [0.15, 0.2) is 5.71 Å². The van der Waals surface area contributed by atoms with Crippen molar-refractivity contribution in [3.05, 3.63) is 72.3 Å². The number of methoxy groups -OCH3 is 1. The highest BCUT2D eigenvalue weighted by atomic mass is 16.5. The zero-order chi connectivity index (χ0) is 16.9. The van der Waals surface area contributed by atoms with E-state index >= 15 is 0 Å². The second kappa shape index (κ2) is 6.91. The zero-order valence-corrected chi connectivity index (χ0v) is 13.3. The van der Waals surface area contributed by atoms with Crippen LogP contribution in [-0.2, 0) is 4.79 Å². The van der Waals surface area contributed by atoms with Crippen LogP contribution in [0.1, 0.15) is 11.1 Å². The molecule has 3 rings (SSSR count). The van der Waals surface area contributed by atoms with Gasteiger partial charge in [-0.05, 0) is 35.9 Å². The fraction of sp³-hybridized carbons (Fsp3) is 0.105. The fourth-order valence-corrected chi connectivity index (χ4v) is 2.51. The summed E-state index contributed by atoms with van der Waals surface area (Å²) in [6.07, 6.45) is 3.30. The molecule has 0 bridgehead atoms. The van der Waals surface area contributed by atoms with Crippen LogP contribution in [0, 0.1) is 0 Å². The summed E-state index contributed by atoms with van der Waals surface area (Å²) in [6.45, 7) is 4.14. The largest absolute Gasteiger partial charge is 0.497 e. The van der Waals surface area contributed by atoms with E-state index in [1.54, 1.807) is 24.3 Å². The van der Waals surface area contributed by atoms with Crippen LogP contribution in [0.15, 0.2) is 71.4 Å². The minimum atomic E-state index is -0.164. The normalized spacial score (nSPS) is 15.1. The van der Waals surface area contributed by atoms with E-state index in [-0.39, 0.29) is 5.91 Å². The molecule has 0 radical (unpaired) electrons. The summed E-state index contributed by atoms with van der Waals surface area (Å²) in [6, 6.07) is 15.0. The van der Waals surface area contributed by atoms with Gasteiger partial charge in [0.2, 0.25) is 0 Å². The topological polar surface area (TPSA) is 54.3 Å². The van der Waals surface area contributed by atoms with E-state index in [1.165, 1.54) is 0 Å². The molecule has 0 spiro atoms. The van der Waals surface area contributed by atoms with Crippen LogP contribution in [0.3, 0.4) is 0 Å². The minimum Gasteiger partial charge on any atom is -0.497 e. The molecular formula is C19H17N3O2. The number of nitrogens with zero attached hydrogens (tertiary/aromatic N) is 3. The van der Waals surface area contributed by atoms with Crippen molar-refractivity contribution in [1.82, 2.24) is 0 Å². The molecule has 0 atom stereocenters. The first-order valence-electron chi connectivity index (χ1n) is 7.52. The monoisotopic (exact) mass is 319 g/mol. The highest BCUT2D eigenvalue weighted by Crippen LogP contribution is 2.28. The second-order valence-electron chi connectivity index (χ2n) is 5.19. The van der Waals surface area contributed by atoms with Crippen LogP contribution in [0.25, 0.3) is 0 Å². The molecule has 0 aliphatic carbocycles. The first-order chi connectivity index (χ1) is 11.7. The smallest absolute Gasteiger partial charge is 0.279 e. The minimum absolute atomic E-state index is 0.164. The summed E-state index contributed by atoms with van der Waals surface area (Å²) >= 11 is 0. The molecule has 1 heterocycles. The molecule has 1 amide bonds. The number of anilines is 1. The average molecular weight is 319 g/mol. The van der Waals surface area contributed by atoms with Crippen molar-refractivity contribution in [2.24, 2.45) is 10.2 Å². The van der Waals surface area contributed by atoms with Gasteiger partial charge < -0.3 is 9.64 Å². The third-order valence-corrected chi connectivity index (χ3v) is 3.69. The van der Waals surface area contributed by atoms with E-state index in [0.29, 0.717) is 12.3 Å². The quantitative estimate of drug-likeness (QED) is 0.483. The lowest BCUT2D eigenvalue weighted by Gasteiger charge is -2.13. The van der Waals surface area contributed by atoms with Gasteiger partial charge in [0.05, 0.1) is 19.0 Å². The molecule has 0 aromatic heterocycles. The van der Waals surface area contributed by atoms with Crippen LogP contribution in [0.5, 0.6) is 5.75 Å². The van der Waals surface area contributed by atoms with Gasteiger partial charge >= 0.3 is 0 Å². The maximum Gasteiger partial charge on any atom is 0.279 e. The summed E-state index contributed by atoms with van der Waals surface area (Å²) in [5.74, 6) is 0.612. The Morgan fingerprint density at radius 3 is 2.62 bits per heavy atom. The van der Waals surface area contributed by atoms with Crippen molar-refractivity contribution in [2.45, 2.75) is 0 Å². The van der Waals surface area contributed by atoms with Gasteiger partial charge in [-0.2, -0.15) is 5.10 Å². The standard InChI is InChI=1S/C19H17N3O2/c1-3-12-22-17-7-5-4-6-16(17)18(19(22)23)21-20-13-14-8-10-15(24-2)11-9-14/h3-11,13H,1,12H2,2H3/b20-13-,21-18+. The van der Waals surface area contributed by atoms with Gasteiger partial charge in [0.1, 0.15) is 5.75 Å². The molecular weight excluding hydrogens is 302 g/mol. The molecule has 0 N–H and O–H groups in total. The van der Waals surface area contributed by atoms with E-state index in [1.807, 2.05) is 48.5 Å². The Hall–Kier alpha value is -3.21. The van der Waals surface area contributed by atoms with E-state index in [0.717, 1.165) is 22.6 Å². The van der Waals surface area contributed by atoms with Crippen molar-refractivity contribution in [2.75, 3.05) is 18.6 Å². The Labute approximate surface area is 140 Å². The van der Waals surface area contributed by atoms with Crippen LogP contribution in [-0.4, -0.2) is 31.5 Å². The number of para-hydroxylation sites is 1. The Morgan fingerprint density at radius 2 is 1.92 bits per heavy atom. The van der Waals surface area contributed by atoms with Gasteiger partial charge in [-0.1, -0.05) is 24.3 Å². The maximum absolute atomic E-state index is 12.5. The molecule has 5 heteroatoms. The van der Waals surface area contributed by atoms with Gasteiger partial charge in [0.25, 0.3) is 5.91 Å². The summed E-state index contributed by atoms with van der Waals surface area (Å²) < 4.78 is 5.11. The molecule has 0 fully saturated rings. The van der Waals surface area contributed by atoms with E-state index in [4.69, 9.17) is 4.74 Å². The Morgan fingerprint density at radius 1 is 1.17 bits per heavy atom. The predicted molar refractivity (Wildman–Crippen MR) is 96.1 cm³/mol. The number of benzene rings is 2. The van der Waals surface area contributed by atoms with Gasteiger partial charge in [0, 0.05) is 12.1 Å². The number of amides is 1. The third kappa shape index (κ3) is 2.96. The first kappa shape index (κ1) is 15.7. The van der Waals surface area contributed by atoms with Crippen LogP contribution in [0.2, 0.25) is 0 Å². The molecule has 0 unspecified atom stereocenters. The van der Waals surface area contributed by atoms with E-state index < -0.39 is 0 Å². The molecule has 5 nitrogen and oxygen atoms in total. The molecule has 1 aliphatic rings. The molecule has 2 aromatic rings. The summed E-state index contributed by atoms with van der Waals surface area (Å²) in [5.41, 5.74) is 2.84. The lowest BCUT2D eigenvalue weighted by Crippen LogP contribution is -2.30. The average Bonchev–Trinajstić information content (AvgIpc) is 2.88. The fourth-order valence-electron chi connectivity index (χ4n) is 2.51. The molecule has 24 heavy (non-hydrogen) atoms. The Bertz CT molecular complexity index is 823. The van der Waals surface area contributed by atoms with E-state index in [9.17, 15) is 4.79 Å². The highest BCUT2D eigenvalue weighted by Gasteiger charge is 2.32. The summed E-state index contributed by atoms with van der Waals surface area (Å²) in [7, 11) is 1.62. The SMILES string of the molecule is C=CCN1C(=O)/C(=N/N=C\c2ccc(OC)cc2)c2ccccc21. The Kier molecular flexibility index (Phi) is 4.52. The van der Waals surface area contributed by atoms with Crippen molar-refractivity contribution in [1.29, 1.82) is 0 Å². The van der Waals surface area contributed by atoms with Crippen LogP contribution < -0.4 is 9.64 Å². The predicted octanol–water partition coefficient (Wildman–Crippen LogP) is 3.05. The maximum atomic E-state index is 12.5.